The summed E-state index contributed by atoms with van der Waals surface area (Å²) in [7, 11) is 1.75. The molecule has 0 aliphatic rings. The highest BCUT2D eigenvalue weighted by Crippen LogP contribution is 2.25. The first-order valence-corrected chi connectivity index (χ1v) is 9.64. The molecule has 0 saturated carbocycles. The van der Waals surface area contributed by atoms with Gasteiger partial charge in [0.2, 0.25) is 5.91 Å². The molecular weight excluding hydrogens is 370 g/mol. The molecule has 6 heteroatoms. The lowest BCUT2D eigenvalue weighted by Gasteiger charge is -2.15. The Morgan fingerprint density at radius 3 is 2.50 bits per heavy atom. The number of benzene rings is 2. The van der Waals surface area contributed by atoms with E-state index in [1.165, 1.54) is 6.92 Å². The van der Waals surface area contributed by atoms with E-state index in [1.807, 2.05) is 54.6 Å². The summed E-state index contributed by atoms with van der Waals surface area (Å²) in [4.78, 5) is 30.8. The molecule has 1 aromatic heterocycles. The number of hydrogen-bond acceptors (Lipinski definition) is 4. The first-order chi connectivity index (χ1) is 13.5. The molecule has 28 heavy (non-hydrogen) atoms. The van der Waals surface area contributed by atoms with E-state index in [9.17, 15) is 9.59 Å². The summed E-state index contributed by atoms with van der Waals surface area (Å²) in [6, 6.07) is 20.7. The molecule has 0 aliphatic carbocycles. The number of aromatic nitrogens is 1. The minimum absolute atomic E-state index is 0.00176. The fourth-order valence-corrected chi connectivity index (χ4v) is 3.31. The quantitative estimate of drug-likeness (QED) is 0.674. The molecule has 1 heterocycles. The van der Waals surface area contributed by atoms with Crippen molar-refractivity contribution in [3.05, 3.63) is 84.1 Å². The summed E-state index contributed by atoms with van der Waals surface area (Å²) in [5.74, 6) is -0.176. The van der Waals surface area contributed by atoms with Gasteiger partial charge in [0.05, 0.1) is 0 Å². The third-order valence-electron chi connectivity index (χ3n) is 4.12. The van der Waals surface area contributed by atoms with Crippen molar-refractivity contribution >= 4 is 29.3 Å². The summed E-state index contributed by atoms with van der Waals surface area (Å²) in [6.07, 6.45) is 1.76. The normalized spacial score (nSPS) is 10.4. The van der Waals surface area contributed by atoms with Crippen molar-refractivity contribution < 1.29 is 9.59 Å². The van der Waals surface area contributed by atoms with Crippen molar-refractivity contribution in [3.63, 3.8) is 0 Å². The van der Waals surface area contributed by atoms with E-state index >= 15 is 0 Å². The molecule has 0 atom stereocenters. The predicted molar refractivity (Wildman–Crippen MR) is 111 cm³/mol. The summed E-state index contributed by atoms with van der Waals surface area (Å²) in [6.45, 7) is 2.03. The Hall–Kier alpha value is -3.12. The predicted octanol–water partition coefficient (Wildman–Crippen LogP) is 4.46. The fraction of sp³-hybridized carbons (Fsp3) is 0.136. The van der Waals surface area contributed by atoms with Crippen LogP contribution in [-0.2, 0) is 11.3 Å². The van der Waals surface area contributed by atoms with E-state index in [2.05, 4.69) is 10.3 Å². The molecule has 2 amide bonds. The molecule has 0 aliphatic heterocycles. The van der Waals surface area contributed by atoms with Gasteiger partial charge in [-0.25, -0.2) is 4.98 Å². The number of amides is 2. The standard InChI is InChI=1S/C22H21N3O2S/c1-16(26)25(2)15-17-6-5-7-19(14-17)24-22(27)18-9-11-20(12-10-18)28-21-8-3-4-13-23-21/h3-14H,15H2,1-2H3,(H,24,27). The summed E-state index contributed by atoms with van der Waals surface area (Å²) in [5.41, 5.74) is 2.24. The summed E-state index contributed by atoms with van der Waals surface area (Å²) >= 11 is 1.55. The molecule has 3 aromatic rings. The molecule has 142 valence electrons. The molecule has 2 aromatic carbocycles. The lowest BCUT2D eigenvalue weighted by atomic mass is 10.1. The van der Waals surface area contributed by atoms with Crippen molar-refractivity contribution in [1.82, 2.24) is 9.88 Å². The highest BCUT2D eigenvalue weighted by atomic mass is 32.2. The Morgan fingerprint density at radius 1 is 1.04 bits per heavy atom. The van der Waals surface area contributed by atoms with Gasteiger partial charge in [-0.2, -0.15) is 0 Å². The average molecular weight is 391 g/mol. The van der Waals surface area contributed by atoms with E-state index in [4.69, 9.17) is 0 Å². The lowest BCUT2D eigenvalue weighted by molar-refractivity contribution is -0.128. The molecule has 0 saturated heterocycles. The van der Waals surface area contributed by atoms with Crippen LogP contribution in [0.2, 0.25) is 0 Å². The second-order valence-corrected chi connectivity index (χ2v) is 7.42. The zero-order valence-corrected chi connectivity index (χ0v) is 16.6. The molecule has 0 unspecified atom stereocenters. The Morgan fingerprint density at radius 2 is 1.82 bits per heavy atom. The summed E-state index contributed by atoms with van der Waals surface area (Å²) < 4.78 is 0. The van der Waals surface area contributed by atoms with Crippen LogP contribution < -0.4 is 5.32 Å². The van der Waals surface area contributed by atoms with Crippen LogP contribution in [0.15, 0.2) is 82.8 Å². The number of rotatable bonds is 6. The number of carbonyl (C=O) groups excluding carboxylic acids is 2. The first-order valence-electron chi connectivity index (χ1n) is 8.82. The number of hydrogen-bond donors (Lipinski definition) is 1. The van der Waals surface area contributed by atoms with Gasteiger partial charge in [0.25, 0.3) is 5.91 Å². The molecule has 1 N–H and O–H groups in total. The Kier molecular flexibility index (Phi) is 6.45. The van der Waals surface area contributed by atoms with Crippen LogP contribution in [0.1, 0.15) is 22.8 Å². The molecule has 0 bridgehead atoms. The van der Waals surface area contributed by atoms with Crippen LogP contribution in [0, 0.1) is 0 Å². The van der Waals surface area contributed by atoms with Crippen molar-refractivity contribution in [2.75, 3.05) is 12.4 Å². The van der Waals surface area contributed by atoms with Crippen LogP contribution in [-0.4, -0.2) is 28.7 Å². The van der Waals surface area contributed by atoms with Gasteiger partial charge in [-0.1, -0.05) is 30.0 Å². The van der Waals surface area contributed by atoms with E-state index in [0.29, 0.717) is 17.8 Å². The summed E-state index contributed by atoms with van der Waals surface area (Å²) in [5, 5.41) is 3.82. The largest absolute Gasteiger partial charge is 0.342 e. The fourth-order valence-electron chi connectivity index (χ4n) is 2.54. The third-order valence-corrected chi connectivity index (χ3v) is 5.08. The van der Waals surface area contributed by atoms with Gasteiger partial charge in [0.15, 0.2) is 0 Å². The monoisotopic (exact) mass is 391 g/mol. The van der Waals surface area contributed by atoms with Gasteiger partial charge in [0.1, 0.15) is 5.03 Å². The van der Waals surface area contributed by atoms with Gasteiger partial charge in [-0.15, -0.1) is 0 Å². The van der Waals surface area contributed by atoms with Crippen molar-refractivity contribution in [1.29, 1.82) is 0 Å². The van der Waals surface area contributed by atoms with Gasteiger partial charge >= 0.3 is 0 Å². The van der Waals surface area contributed by atoms with E-state index in [-0.39, 0.29) is 11.8 Å². The smallest absolute Gasteiger partial charge is 0.255 e. The van der Waals surface area contributed by atoms with Gasteiger partial charge < -0.3 is 10.2 Å². The second-order valence-electron chi connectivity index (χ2n) is 6.32. The number of nitrogens with one attached hydrogen (secondary N) is 1. The van der Waals surface area contributed by atoms with Crippen molar-refractivity contribution in [2.24, 2.45) is 0 Å². The molecule has 3 rings (SSSR count). The van der Waals surface area contributed by atoms with Crippen molar-refractivity contribution in [3.8, 4) is 0 Å². The van der Waals surface area contributed by atoms with Gasteiger partial charge in [0, 0.05) is 42.9 Å². The maximum absolute atomic E-state index is 12.5. The topological polar surface area (TPSA) is 62.3 Å². The Labute approximate surface area is 168 Å². The lowest BCUT2D eigenvalue weighted by Crippen LogP contribution is -2.23. The highest BCUT2D eigenvalue weighted by Gasteiger charge is 2.08. The number of nitrogens with zero attached hydrogens (tertiary/aromatic N) is 2. The van der Waals surface area contributed by atoms with Gasteiger partial charge in [-0.3, -0.25) is 9.59 Å². The minimum atomic E-state index is -0.175. The van der Waals surface area contributed by atoms with Crippen LogP contribution in [0.5, 0.6) is 0 Å². The molecule has 0 radical (unpaired) electrons. The molecule has 0 spiro atoms. The second kappa shape index (κ2) is 9.19. The van der Waals surface area contributed by atoms with Crippen molar-refractivity contribution in [2.45, 2.75) is 23.4 Å². The van der Waals surface area contributed by atoms with Gasteiger partial charge in [-0.05, 0) is 54.1 Å². The maximum Gasteiger partial charge on any atom is 0.255 e. The number of carbonyl (C=O) groups is 2. The van der Waals surface area contributed by atoms with Crippen LogP contribution in [0.4, 0.5) is 5.69 Å². The highest BCUT2D eigenvalue weighted by molar-refractivity contribution is 7.99. The molecule has 0 fully saturated rings. The SMILES string of the molecule is CC(=O)N(C)Cc1cccc(NC(=O)c2ccc(Sc3ccccn3)cc2)c1. The maximum atomic E-state index is 12.5. The Balaban J connectivity index is 1.64. The number of anilines is 1. The average Bonchev–Trinajstić information content (AvgIpc) is 2.69. The van der Waals surface area contributed by atoms with E-state index in [1.54, 1.807) is 42.0 Å². The number of pyridine rings is 1. The van der Waals surface area contributed by atoms with Crippen LogP contribution in [0.25, 0.3) is 0 Å². The molecular formula is C22H21N3O2S. The molecule has 5 nitrogen and oxygen atoms in total. The zero-order chi connectivity index (χ0) is 19.9. The minimum Gasteiger partial charge on any atom is -0.342 e. The van der Waals surface area contributed by atoms with E-state index < -0.39 is 0 Å². The Bertz CT molecular complexity index is 959. The zero-order valence-electron chi connectivity index (χ0n) is 15.8. The first kappa shape index (κ1) is 19.6. The van der Waals surface area contributed by atoms with Crippen LogP contribution >= 0.6 is 11.8 Å². The van der Waals surface area contributed by atoms with Crippen LogP contribution in [0.3, 0.4) is 0 Å². The van der Waals surface area contributed by atoms with E-state index in [0.717, 1.165) is 15.5 Å². The third kappa shape index (κ3) is 5.44.